The number of carbonyl (C=O) groups excluding carboxylic acids is 1. The summed E-state index contributed by atoms with van der Waals surface area (Å²) in [5.74, 6) is -0.238. The third kappa shape index (κ3) is 4.96. The molecule has 1 aromatic heterocycles. The highest BCUT2D eigenvalue weighted by atomic mass is 35.5. The molecule has 5 nitrogen and oxygen atoms in total. The number of ketones is 1. The fourth-order valence-corrected chi connectivity index (χ4v) is 1.45. The van der Waals surface area contributed by atoms with Gasteiger partial charge in [-0.25, -0.2) is 0 Å². The predicted molar refractivity (Wildman–Crippen MR) is 72.5 cm³/mol. The Morgan fingerprint density at radius 1 is 1.37 bits per heavy atom. The molecule has 0 saturated heterocycles. The molecule has 0 amide bonds. The van der Waals surface area contributed by atoms with Crippen molar-refractivity contribution >= 4 is 29.0 Å². The van der Waals surface area contributed by atoms with Crippen molar-refractivity contribution in [3.8, 4) is 5.75 Å². The monoisotopic (exact) mass is 305 g/mol. The van der Waals surface area contributed by atoms with E-state index in [0.29, 0.717) is 6.42 Å². The van der Waals surface area contributed by atoms with Gasteiger partial charge in [-0.15, -0.1) is 0 Å². The Hall–Kier alpha value is -1.46. The fourth-order valence-electron chi connectivity index (χ4n) is 1.23. The molecule has 0 unspecified atom stereocenters. The number of aromatic hydroxyl groups is 1. The van der Waals surface area contributed by atoms with Crippen LogP contribution in [0, 0.1) is 0 Å². The molecule has 0 spiro atoms. The van der Waals surface area contributed by atoms with E-state index in [9.17, 15) is 9.59 Å². The van der Waals surface area contributed by atoms with E-state index in [1.807, 2.05) is 13.8 Å². The molecule has 2 N–H and O–H groups in total. The molecule has 1 aliphatic rings. The lowest BCUT2D eigenvalue weighted by Gasteiger charge is -2.26. The Labute approximate surface area is 119 Å². The van der Waals surface area contributed by atoms with Crippen LogP contribution in [0.2, 0.25) is 5.02 Å². The van der Waals surface area contributed by atoms with Crippen molar-refractivity contribution in [1.82, 2.24) is 4.98 Å². The number of Topliss-reactive ketones (excluding diaryl/α,β-unsaturated/α-hetero) is 1. The first kappa shape index (κ1) is 15.6. The molecule has 0 aliphatic carbocycles. The number of allylic oxidation sites excluding steroid dienone is 1. The Morgan fingerprint density at radius 3 is 2.42 bits per heavy atom. The third-order valence-corrected chi connectivity index (χ3v) is 2.79. The number of rotatable bonds is 0. The molecular weight excluding hydrogens is 293 g/mol. The largest absolute Gasteiger partial charge is 0.506 e. The van der Waals surface area contributed by atoms with Gasteiger partial charge in [-0.1, -0.05) is 23.2 Å². The lowest BCUT2D eigenvalue weighted by atomic mass is 10.00. The lowest BCUT2D eigenvalue weighted by molar-refractivity contribution is -0.121. The summed E-state index contributed by atoms with van der Waals surface area (Å²) in [6.45, 7) is 3.70. The number of aromatic amines is 1. The van der Waals surface area contributed by atoms with Crippen molar-refractivity contribution in [2.45, 2.75) is 25.9 Å². The summed E-state index contributed by atoms with van der Waals surface area (Å²) in [6.07, 6.45) is 2.91. The Kier molecular flexibility index (Phi) is 5.03. The van der Waals surface area contributed by atoms with Gasteiger partial charge in [-0.3, -0.25) is 9.59 Å². The van der Waals surface area contributed by atoms with Crippen LogP contribution in [0.3, 0.4) is 0 Å². The van der Waals surface area contributed by atoms with E-state index in [1.165, 1.54) is 12.5 Å². The van der Waals surface area contributed by atoms with Crippen LogP contribution < -0.4 is 5.56 Å². The highest BCUT2D eigenvalue weighted by Crippen LogP contribution is 2.24. The second-order valence-corrected chi connectivity index (χ2v) is 5.29. The molecule has 1 aliphatic heterocycles. The van der Waals surface area contributed by atoms with E-state index in [-0.39, 0.29) is 32.7 Å². The van der Waals surface area contributed by atoms with Gasteiger partial charge in [0, 0.05) is 12.3 Å². The van der Waals surface area contributed by atoms with Gasteiger partial charge in [0.2, 0.25) is 0 Å². The summed E-state index contributed by atoms with van der Waals surface area (Å²) in [5.41, 5.74) is -0.743. The number of pyridine rings is 1. The number of nitrogens with one attached hydrogen (secondary N) is 1. The van der Waals surface area contributed by atoms with E-state index < -0.39 is 0 Å². The van der Waals surface area contributed by atoms with Crippen LogP contribution in [0.1, 0.15) is 20.3 Å². The Morgan fingerprint density at radius 2 is 2.00 bits per heavy atom. The van der Waals surface area contributed by atoms with Crippen LogP contribution >= 0.6 is 23.2 Å². The summed E-state index contributed by atoms with van der Waals surface area (Å²) in [5, 5.41) is 9.09. The van der Waals surface area contributed by atoms with Gasteiger partial charge in [0.1, 0.15) is 22.6 Å². The normalized spacial score (nSPS) is 16.8. The zero-order valence-corrected chi connectivity index (χ0v) is 11.9. The molecule has 0 fully saturated rings. The van der Waals surface area contributed by atoms with Crippen molar-refractivity contribution in [3.05, 3.63) is 38.9 Å². The summed E-state index contributed by atoms with van der Waals surface area (Å²) in [6, 6.07) is 1.02. The van der Waals surface area contributed by atoms with Gasteiger partial charge in [-0.05, 0) is 13.8 Å². The van der Waals surface area contributed by atoms with Gasteiger partial charge in [0.15, 0.2) is 5.78 Å². The molecule has 0 aromatic carbocycles. The van der Waals surface area contributed by atoms with Crippen molar-refractivity contribution < 1.29 is 14.6 Å². The zero-order valence-electron chi connectivity index (χ0n) is 10.4. The molecule has 19 heavy (non-hydrogen) atoms. The van der Waals surface area contributed by atoms with Crippen LogP contribution in [0.4, 0.5) is 0 Å². The second-order valence-electron chi connectivity index (χ2n) is 4.47. The van der Waals surface area contributed by atoms with Crippen LogP contribution in [-0.4, -0.2) is 21.5 Å². The van der Waals surface area contributed by atoms with E-state index in [0.717, 1.165) is 6.07 Å². The Balaban J connectivity index is 0.000000191. The lowest BCUT2D eigenvalue weighted by Crippen LogP contribution is -2.29. The SMILES string of the molecule is CC1(C)CC(=O)C(Cl)=CO1.O=c1cc(O)c(Cl)c[nH]1. The number of ether oxygens (including phenoxy) is 1. The first-order chi connectivity index (χ1) is 8.71. The molecule has 0 atom stereocenters. The molecule has 2 rings (SSSR count). The summed E-state index contributed by atoms with van der Waals surface area (Å²) in [4.78, 5) is 23.6. The van der Waals surface area contributed by atoms with Crippen molar-refractivity contribution in [1.29, 1.82) is 0 Å². The van der Waals surface area contributed by atoms with Crippen molar-refractivity contribution in [2.24, 2.45) is 0 Å². The summed E-state index contributed by atoms with van der Waals surface area (Å²) in [7, 11) is 0. The number of hydrogen-bond donors (Lipinski definition) is 2. The minimum Gasteiger partial charge on any atom is -0.506 e. The number of carbonyl (C=O) groups is 1. The molecule has 0 bridgehead atoms. The van der Waals surface area contributed by atoms with Gasteiger partial charge in [0.05, 0.1) is 11.4 Å². The van der Waals surface area contributed by atoms with Crippen molar-refractivity contribution in [3.63, 3.8) is 0 Å². The van der Waals surface area contributed by atoms with Gasteiger partial charge >= 0.3 is 0 Å². The van der Waals surface area contributed by atoms with Crippen LogP contribution in [-0.2, 0) is 9.53 Å². The number of H-pyrrole nitrogens is 1. The maximum atomic E-state index is 10.9. The minimum absolute atomic E-state index is 0.0436. The predicted octanol–water partition coefficient (Wildman–Crippen LogP) is 2.57. The number of hydrogen-bond acceptors (Lipinski definition) is 4. The highest BCUT2D eigenvalue weighted by molar-refractivity contribution is 6.42. The van der Waals surface area contributed by atoms with Crippen molar-refractivity contribution in [2.75, 3.05) is 0 Å². The molecular formula is C12H13Cl2NO4. The second kappa shape index (κ2) is 6.12. The first-order valence-electron chi connectivity index (χ1n) is 5.35. The zero-order chi connectivity index (χ0) is 14.6. The van der Waals surface area contributed by atoms with E-state index in [4.69, 9.17) is 33.0 Å². The van der Waals surface area contributed by atoms with Gasteiger partial charge < -0.3 is 14.8 Å². The average molecular weight is 306 g/mol. The molecule has 7 heteroatoms. The first-order valence-corrected chi connectivity index (χ1v) is 6.11. The van der Waals surface area contributed by atoms with E-state index >= 15 is 0 Å². The maximum absolute atomic E-state index is 10.9. The van der Waals surface area contributed by atoms with Crippen LogP contribution in [0.25, 0.3) is 0 Å². The third-order valence-electron chi connectivity index (χ3n) is 2.19. The maximum Gasteiger partial charge on any atom is 0.251 e. The molecule has 1 aromatic rings. The quantitative estimate of drug-likeness (QED) is 0.772. The smallest absolute Gasteiger partial charge is 0.251 e. The topological polar surface area (TPSA) is 79.4 Å². The minimum atomic E-state index is -0.379. The standard InChI is InChI=1S/C7H9ClO2.C5H4ClNO2/c1-7(2)3-6(9)5(8)4-10-7;6-3-2-7-5(9)1-4(3)8/h4H,3H2,1-2H3;1-2H,(H2,7,8,9). The molecule has 0 saturated carbocycles. The number of halogens is 2. The van der Waals surface area contributed by atoms with Crippen LogP contribution in [0.15, 0.2) is 28.4 Å². The molecule has 0 radical (unpaired) electrons. The fraction of sp³-hybridized carbons (Fsp3) is 0.333. The average Bonchev–Trinajstić information content (AvgIpc) is 2.30. The molecule has 2 heterocycles. The Bertz CT molecular complexity index is 563. The van der Waals surface area contributed by atoms with Crippen LogP contribution in [0.5, 0.6) is 5.75 Å². The van der Waals surface area contributed by atoms with Gasteiger partial charge in [-0.2, -0.15) is 0 Å². The number of aromatic nitrogens is 1. The van der Waals surface area contributed by atoms with E-state index in [2.05, 4.69) is 4.98 Å². The van der Waals surface area contributed by atoms with E-state index in [1.54, 1.807) is 0 Å². The van der Waals surface area contributed by atoms with Gasteiger partial charge in [0.25, 0.3) is 5.56 Å². The highest BCUT2D eigenvalue weighted by Gasteiger charge is 2.28. The summed E-state index contributed by atoms with van der Waals surface area (Å²) >= 11 is 10.8. The molecule has 104 valence electrons. The summed E-state index contributed by atoms with van der Waals surface area (Å²) < 4.78 is 5.13.